The van der Waals surface area contributed by atoms with Crippen molar-refractivity contribution < 1.29 is 4.79 Å². The summed E-state index contributed by atoms with van der Waals surface area (Å²) >= 11 is 6.31. The highest BCUT2D eigenvalue weighted by molar-refractivity contribution is 6.32. The van der Waals surface area contributed by atoms with E-state index in [0.29, 0.717) is 0 Å². The van der Waals surface area contributed by atoms with E-state index in [9.17, 15) is 4.79 Å². The minimum Gasteiger partial charge on any atom is -0.313 e. The summed E-state index contributed by atoms with van der Waals surface area (Å²) in [5.41, 5.74) is 3.88. The van der Waals surface area contributed by atoms with E-state index >= 15 is 0 Å². The Hall–Kier alpha value is -1.80. The van der Waals surface area contributed by atoms with Gasteiger partial charge in [-0.25, -0.2) is 0 Å². The molecule has 1 atom stereocenters. The summed E-state index contributed by atoms with van der Waals surface area (Å²) in [6, 6.07) is 15.4. The quantitative estimate of drug-likeness (QED) is 0.773. The number of hydrogen-bond donors (Lipinski definition) is 0. The van der Waals surface area contributed by atoms with Gasteiger partial charge in [-0.3, -0.25) is 4.79 Å². The molecular formula is C17H18ClNO. The van der Waals surface area contributed by atoms with Crippen LogP contribution in [0.4, 0.5) is 5.69 Å². The standard InChI is InChI=1S/C17H18ClNO/c1-12-8-7-9-13(2)16(12)19(3)17(20)15(18)14-10-5-4-6-11-14/h4-11,15H,1-3H3. The van der Waals surface area contributed by atoms with Crippen LogP contribution in [0, 0.1) is 13.8 Å². The van der Waals surface area contributed by atoms with Gasteiger partial charge in [0.2, 0.25) is 5.91 Å². The molecule has 0 aliphatic rings. The third-order valence-corrected chi connectivity index (χ3v) is 3.85. The first kappa shape index (κ1) is 14.6. The molecule has 0 saturated carbocycles. The molecule has 3 heteroatoms. The molecule has 2 nitrogen and oxygen atoms in total. The van der Waals surface area contributed by atoms with Crippen molar-refractivity contribution in [1.82, 2.24) is 0 Å². The van der Waals surface area contributed by atoms with Crippen LogP contribution < -0.4 is 4.90 Å². The average Bonchev–Trinajstić information content (AvgIpc) is 2.46. The zero-order valence-corrected chi connectivity index (χ0v) is 12.7. The van der Waals surface area contributed by atoms with E-state index in [1.807, 2.05) is 62.4 Å². The molecule has 2 aromatic carbocycles. The molecule has 0 bridgehead atoms. The number of anilines is 1. The van der Waals surface area contributed by atoms with Gasteiger partial charge in [-0.05, 0) is 30.5 Å². The highest BCUT2D eigenvalue weighted by Crippen LogP contribution is 2.29. The average molecular weight is 288 g/mol. The summed E-state index contributed by atoms with van der Waals surface area (Å²) in [4.78, 5) is 14.2. The maximum atomic E-state index is 12.5. The van der Waals surface area contributed by atoms with Crippen LogP contribution in [0.15, 0.2) is 48.5 Å². The van der Waals surface area contributed by atoms with Gasteiger partial charge in [-0.2, -0.15) is 0 Å². The Kier molecular flexibility index (Phi) is 4.46. The molecule has 0 aliphatic carbocycles. The normalized spacial score (nSPS) is 12.0. The smallest absolute Gasteiger partial charge is 0.249 e. The number of carbonyl (C=O) groups is 1. The predicted octanol–water partition coefficient (Wildman–Crippen LogP) is 4.25. The number of alkyl halides is 1. The molecule has 104 valence electrons. The number of carbonyl (C=O) groups excluding carboxylic acids is 1. The predicted molar refractivity (Wildman–Crippen MR) is 84.4 cm³/mol. The third kappa shape index (κ3) is 2.86. The number of aryl methyl sites for hydroxylation is 2. The Balaban J connectivity index is 2.29. The summed E-state index contributed by atoms with van der Waals surface area (Å²) < 4.78 is 0. The highest BCUT2D eigenvalue weighted by Gasteiger charge is 2.23. The van der Waals surface area contributed by atoms with Gasteiger partial charge in [0.1, 0.15) is 5.38 Å². The molecule has 0 fully saturated rings. The maximum absolute atomic E-state index is 12.5. The molecule has 0 N–H and O–H groups in total. The van der Waals surface area contributed by atoms with Crippen molar-refractivity contribution in [2.75, 3.05) is 11.9 Å². The molecule has 2 aromatic rings. The lowest BCUT2D eigenvalue weighted by atomic mass is 10.1. The Morgan fingerprint density at radius 2 is 1.55 bits per heavy atom. The Bertz CT molecular complexity index is 589. The summed E-state index contributed by atoms with van der Waals surface area (Å²) in [5, 5.41) is -0.666. The number of hydrogen-bond acceptors (Lipinski definition) is 1. The lowest BCUT2D eigenvalue weighted by Gasteiger charge is -2.24. The van der Waals surface area contributed by atoms with E-state index in [2.05, 4.69) is 0 Å². The number of amides is 1. The highest BCUT2D eigenvalue weighted by atomic mass is 35.5. The van der Waals surface area contributed by atoms with E-state index in [-0.39, 0.29) is 5.91 Å². The van der Waals surface area contributed by atoms with Gasteiger partial charge in [0.15, 0.2) is 0 Å². The fourth-order valence-electron chi connectivity index (χ4n) is 2.38. The van der Waals surface area contributed by atoms with E-state index < -0.39 is 5.38 Å². The van der Waals surface area contributed by atoms with Crippen molar-refractivity contribution in [3.8, 4) is 0 Å². The van der Waals surface area contributed by atoms with Crippen LogP contribution in [0.3, 0.4) is 0 Å². The van der Waals surface area contributed by atoms with E-state index in [4.69, 9.17) is 11.6 Å². The molecule has 0 radical (unpaired) electrons. The van der Waals surface area contributed by atoms with Crippen molar-refractivity contribution in [3.63, 3.8) is 0 Å². The van der Waals surface area contributed by atoms with E-state index in [1.165, 1.54) is 0 Å². The lowest BCUT2D eigenvalue weighted by molar-refractivity contribution is -0.118. The first-order valence-corrected chi connectivity index (χ1v) is 6.99. The fraction of sp³-hybridized carbons (Fsp3) is 0.235. The second kappa shape index (κ2) is 6.10. The molecule has 1 unspecified atom stereocenters. The minimum atomic E-state index is -0.666. The first-order chi connectivity index (χ1) is 9.52. The van der Waals surface area contributed by atoms with E-state index in [0.717, 1.165) is 22.4 Å². The Morgan fingerprint density at radius 3 is 2.10 bits per heavy atom. The summed E-state index contributed by atoms with van der Waals surface area (Å²) in [6.07, 6.45) is 0. The zero-order valence-electron chi connectivity index (χ0n) is 11.9. The van der Waals surface area contributed by atoms with Gasteiger partial charge in [-0.15, -0.1) is 11.6 Å². The molecule has 0 spiro atoms. The largest absolute Gasteiger partial charge is 0.313 e. The van der Waals surface area contributed by atoms with Gasteiger partial charge in [0, 0.05) is 12.7 Å². The summed E-state index contributed by atoms with van der Waals surface area (Å²) in [6.45, 7) is 4.00. The number of benzene rings is 2. The third-order valence-electron chi connectivity index (χ3n) is 3.41. The number of nitrogens with zero attached hydrogens (tertiary/aromatic N) is 1. The SMILES string of the molecule is Cc1cccc(C)c1N(C)C(=O)C(Cl)c1ccccc1. The van der Waals surface area contributed by atoms with Crippen LogP contribution in [0.5, 0.6) is 0 Å². The fourth-order valence-corrected chi connectivity index (χ4v) is 2.67. The Labute approximate surface area is 125 Å². The molecular weight excluding hydrogens is 270 g/mol. The van der Waals surface area contributed by atoms with Crippen LogP contribution >= 0.6 is 11.6 Å². The summed E-state index contributed by atoms with van der Waals surface area (Å²) in [7, 11) is 1.77. The van der Waals surface area contributed by atoms with Crippen LogP contribution in [0.1, 0.15) is 22.1 Å². The van der Waals surface area contributed by atoms with Crippen LogP contribution in [0.25, 0.3) is 0 Å². The van der Waals surface area contributed by atoms with Crippen LogP contribution in [-0.2, 0) is 4.79 Å². The summed E-state index contributed by atoms with van der Waals surface area (Å²) in [5.74, 6) is -0.115. The second-order valence-electron chi connectivity index (χ2n) is 4.91. The number of rotatable bonds is 3. The van der Waals surface area contributed by atoms with Gasteiger partial charge < -0.3 is 4.90 Å². The lowest BCUT2D eigenvalue weighted by Crippen LogP contribution is -2.30. The van der Waals surface area contributed by atoms with E-state index in [1.54, 1.807) is 11.9 Å². The van der Waals surface area contributed by atoms with Crippen molar-refractivity contribution >= 4 is 23.2 Å². The maximum Gasteiger partial charge on any atom is 0.249 e. The molecule has 0 aromatic heterocycles. The number of para-hydroxylation sites is 1. The van der Waals surface area contributed by atoms with Crippen molar-refractivity contribution in [2.45, 2.75) is 19.2 Å². The molecule has 2 rings (SSSR count). The first-order valence-electron chi connectivity index (χ1n) is 6.55. The molecule has 0 aliphatic heterocycles. The van der Waals surface area contributed by atoms with Crippen molar-refractivity contribution in [3.05, 3.63) is 65.2 Å². The van der Waals surface area contributed by atoms with Gasteiger partial charge in [0.25, 0.3) is 0 Å². The number of halogens is 1. The van der Waals surface area contributed by atoms with Gasteiger partial charge in [-0.1, -0.05) is 48.5 Å². The Morgan fingerprint density at radius 1 is 1.00 bits per heavy atom. The molecule has 0 heterocycles. The molecule has 1 amide bonds. The van der Waals surface area contributed by atoms with Crippen molar-refractivity contribution in [1.29, 1.82) is 0 Å². The van der Waals surface area contributed by atoms with Crippen molar-refractivity contribution in [2.24, 2.45) is 0 Å². The van der Waals surface area contributed by atoms with Crippen LogP contribution in [-0.4, -0.2) is 13.0 Å². The molecule has 20 heavy (non-hydrogen) atoms. The van der Waals surface area contributed by atoms with Gasteiger partial charge in [0.05, 0.1) is 0 Å². The second-order valence-corrected chi connectivity index (χ2v) is 5.35. The number of likely N-dealkylation sites (N-methyl/N-ethyl adjacent to an activating group) is 1. The van der Waals surface area contributed by atoms with Gasteiger partial charge >= 0.3 is 0 Å². The monoisotopic (exact) mass is 287 g/mol. The zero-order chi connectivity index (χ0) is 14.7. The minimum absolute atomic E-state index is 0.115. The molecule has 0 saturated heterocycles. The van der Waals surface area contributed by atoms with Crippen LogP contribution in [0.2, 0.25) is 0 Å². The topological polar surface area (TPSA) is 20.3 Å².